The quantitative estimate of drug-likeness (QED) is 0.828. The van der Waals surface area contributed by atoms with E-state index in [1.165, 1.54) is 0 Å². The minimum atomic E-state index is -3.28. The lowest BCUT2D eigenvalue weighted by atomic mass is 10.2. The number of benzene rings is 1. The Bertz CT molecular complexity index is 428. The zero-order valence-electron chi connectivity index (χ0n) is 9.05. The molecule has 0 aliphatic carbocycles. The van der Waals surface area contributed by atoms with Crippen molar-refractivity contribution in [2.75, 3.05) is 13.1 Å². The van der Waals surface area contributed by atoms with Crippen LogP contribution in [0.2, 0.25) is 0 Å². The number of nitrogens with two attached hydrogens (primary N) is 1. The van der Waals surface area contributed by atoms with Crippen molar-refractivity contribution in [2.24, 2.45) is 5.73 Å². The molecule has 0 saturated heterocycles. The summed E-state index contributed by atoms with van der Waals surface area (Å²) in [5.74, 6) is -6.21. The lowest BCUT2D eigenvalue weighted by Gasteiger charge is -2.14. The van der Waals surface area contributed by atoms with Crippen molar-refractivity contribution in [1.29, 1.82) is 0 Å². The zero-order valence-corrected chi connectivity index (χ0v) is 9.87. The third kappa shape index (κ3) is 4.50. The van der Waals surface area contributed by atoms with Gasteiger partial charge in [0.15, 0.2) is 0 Å². The Hall–Kier alpha value is -1.34. The summed E-state index contributed by atoms with van der Waals surface area (Å²) in [5.41, 5.74) is 4.12. The second-order valence-electron chi connectivity index (χ2n) is 3.37. The van der Waals surface area contributed by atoms with Gasteiger partial charge in [-0.15, -0.1) is 12.4 Å². The molecule has 0 heterocycles. The molecule has 1 amide bonds. The van der Waals surface area contributed by atoms with Gasteiger partial charge in [-0.25, -0.2) is 17.6 Å². The maximum Gasteiger partial charge on any atom is 0.277 e. The summed E-state index contributed by atoms with van der Waals surface area (Å²) in [7, 11) is 0. The van der Waals surface area contributed by atoms with Crippen LogP contribution >= 0.6 is 12.4 Å². The molecule has 0 atom stereocenters. The largest absolute Gasteiger partial charge is 0.346 e. The molecule has 1 aromatic rings. The highest BCUT2D eigenvalue weighted by molar-refractivity contribution is 5.94. The van der Waals surface area contributed by atoms with Crippen molar-refractivity contribution < 1.29 is 22.4 Å². The Morgan fingerprint density at radius 3 is 2.50 bits per heavy atom. The van der Waals surface area contributed by atoms with Crippen LogP contribution in [-0.2, 0) is 0 Å². The minimum Gasteiger partial charge on any atom is -0.346 e. The van der Waals surface area contributed by atoms with Gasteiger partial charge in [0.2, 0.25) is 0 Å². The van der Waals surface area contributed by atoms with Crippen molar-refractivity contribution in [3.63, 3.8) is 0 Å². The number of hydrogen-bond donors (Lipinski definition) is 2. The van der Waals surface area contributed by atoms with Gasteiger partial charge in [-0.05, 0) is 18.2 Å². The van der Waals surface area contributed by atoms with Gasteiger partial charge in [0.05, 0.1) is 18.7 Å². The van der Waals surface area contributed by atoms with Crippen LogP contribution in [0, 0.1) is 11.6 Å². The van der Waals surface area contributed by atoms with Gasteiger partial charge in [0.25, 0.3) is 11.8 Å². The van der Waals surface area contributed by atoms with E-state index in [-0.39, 0.29) is 12.4 Å². The van der Waals surface area contributed by atoms with Gasteiger partial charge in [0.1, 0.15) is 11.6 Å². The Morgan fingerprint density at radius 1 is 1.33 bits per heavy atom. The fraction of sp³-hybridized carbons (Fsp3) is 0.300. The highest BCUT2D eigenvalue weighted by Crippen LogP contribution is 2.12. The molecule has 8 heteroatoms. The van der Waals surface area contributed by atoms with Crippen LogP contribution in [0.1, 0.15) is 10.4 Å². The summed E-state index contributed by atoms with van der Waals surface area (Å²) >= 11 is 0. The van der Waals surface area contributed by atoms with Crippen LogP contribution in [-0.4, -0.2) is 24.9 Å². The smallest absolute Gasteiger partial charge is 0.277 e. The summed E-state index contributed by atoms with van der Waals surface area (Å²) in [4.78, 5) is 11.3. The molecule has 3 nitrogen and oxygen atoms in total. The molecule has 0 spiro atoms. The molecular weight excluding hydrogens is 276 g/mol. The Morgan fingerprint density at radius 2 is 1.94 bits per heavy atom. The molecular formula is C10H11ClF4N2O. The van der Waals surface area contributed by atoms with Crippen molar-refractivity contribution in [1.82, 2.24) is 5.32 Å². The number of halogens is 5. The molecule has 0 unspecified atom stereocenters. The molecule has 1 aromatic carbocycles. The Labute approximate surface area is 107 Å². The summed E-state index contributed by atoms with van der Waals surface area (Å²) in [6, 6.07) is 2.19. The van der Waals surface area contributed by atoms with Crippen LogP contribution in [0.4, 0.5) is 17.6 Å². The van der Waals surface area contributed by atoms with Gasteiger partial charge in [-0.1, -0.05) is 0 Å². The zero-order chi connectivity index (χ0) is 13.1. The average molecular weight is 287 g/mol. The van der Waals surface area contributed by atoms with E-state index in [1.807, 2.05) is 0 Å². The van der Waals surface area contributed by atoms with Crippen molar-refractivity contribution in [3.05, 3.63) is 35.4 Å². The first-order valence-electron chi connectivity index (χ1n) is 4.67. The first-order valence-corrected chi connectivity index (χ1v) is 4.67. The van der Waals surface area contributed by atoms with Crippen LogP contribution in [0.15, 0.2) is 18.2 Å². The van der Waals surface area contributed by atoms with E-state index in [9.17, 15) is 22.4 Å². The summed E-state index contributed by atoms with van der Waals surface area (Å²) in [6.45, 7) is -1.98. The summed E-state index contributed by atoms with van der Waals surface area (Å²) in [5, 5.41) is 1.78. The fourth-order valence-corrected chi connectivity index (χ4v) is 1.05. The first-order chi connectivity index (χ1) is 7.85. The number of carbonyl (C=O) groups is 1. The van der Waals surface area contributed by atoms with E-state index in [2.05, 4.69) is 0 Å². The molecule has 1 rings (SSSR count). The van der Waals surface area contributed by atoms with E-state index in [4.69, 9.17) is 5.73 Å². The molecule has 0 aliphatic rings. The highest BCUT2D eigenvalue weighted by Gasteiger charge is 2.27. The lowest BCUT2D eigenvalue weighted by molar-refractivity contribution is 0.0118. The number of alkyl halides is 2. The van der Waals surface area contributed by atoms with Crippen LogP contribution < -0.4 is 11.1 Å². The maximum absolute atomic E-state index is 13.1. The molecule has 0 aromatic heterocycles. The second kappa shape index (κ2) is 6.55. The molecule has 0 bridgehead atoms. The number of nitrogens with one attached hydrogen (secondary N) is 1. The fourth-order valence-electron chi connectivity index (χ4n) is 1.05. The molecule has 0 radical (unpaired) electrons. The molecule has 3 N–H and O–H groups in total. The summed E-state index contributed by atoms with van der Waals surface area (Å²) in [6.07, 6.45) is 0. The van der Waals surface area contributed by atoms with Crippen LogP contribution in [0.3, 0.4) is 0 Å². The van der Waals surface area contributed by atoms with Gasteiger partial charge in [-0.2, -0.15) is 0 Å². The van der Waals surface area contributed by atoms with Gasteiger partial charge in [0, 0.05) is 0 Å². The van der Waals surface area contributed by atoms with Crippen molar-refractivity contribution in [3.8, 4) is 0 Å². The predicted molar refractivity (Wildman–Crippen MR) is 59.9 cm³/mol. The topological polar surface area (TPSA) is 55.1 Å². The van der Waals surface area contributed by atoms with E-state index in [1.54, 1.807) is 5.32 Å². The minimum absolute atomic E-state index is 0. The maximum atomic E-state index is 13.1. The number of rotatable bonds is 4. The molecule has 0 saturated carbocycles. The predicted octanol–water partition coefficient (Wildman–Crippen LogP) is 1.71. The average Bonchev–Trinajstić information content (AvgIpc) is 2.29. The molecule has 0 fully saturated rings. The first kappa shape index (κ1) is 16.7. The van der Waals surface area contributed by atoms with Gasteiger partial charge in [-0.3, -0.25) is 4.79 Å². The third-order valence-electron chi connectivity index (χ3n) is 1.98. The van der Waals surface area contributed by atoms with E-state index < -0.39 is 42.1 Å². The number of hydrogen-bond acceptors (Lipinski definition) is 2. The summed E-state index contributed by atoms with van der Waals surface area (Å²) < 4.78 is 51.2. The standard InChI is InChI=1S/C10H10F4N2O.ClH/c11-6-1-2-8(12)7(3-6)9(17)16-5-10(13,14)4-15;/h1-3H,4-5,15H2,(H,16,17);1H. The third-order valence-corrected chi connectivity index (χ3v) is 1.98. The van der Waals surface area contributed by atoms with Gasteiger partial charge < -0.3 is 11.1 Å². The van der Waals surface area contributed by atoms with E-state index in [0.717, 1.165) is 12.1 Å². The monoisotopic (exact) mass is 286 g/mol. The molecule has 18 heavy (non-hydrogen) atoms. The number of amides is 1. The normalized spacial score (nSPS) is 10.7. The number of carbonyl (C=O) groups excluding carboxylic acids is 1. The van der Waals surface area contributed by atoms with Crippen molar-refractivity contribution >= 4 is 18.3 Å². The van der Waals surface area contributed by atoms with Crippen LogP contribution in [0.5, 0.6) is 0 Å². The second-order valence-corrected chi connectivity index (χ2v) is 3.37. The lowest BCUT2D eigenvalue weighted by Crippen LogP contribution is -2.41. The SMILES string of the molecule is Cl.NCC(F)(F)CNC(=O)c1cc(F)ccc1F. The van der Waals surface area contributed by atoms with E-state index in [0.29, 0.717) is 6.07 Å². The highest BCUT2D eigenvalue weighted by atomic mass is 35.5. The Balaban J connectivity index is 0.00000289. The Kier molecular flexibility index (Phi) is 6.07. The molecule has 0 aliphatic heterocycles. The van der Waals surface area contributed by atoms with Crippen LogP contribution in [0.25, 0.3) is 0 Å². The molecule has 102 valence electrons. The van der Waals surface area contributed by atoms with Gasteiger partial charge >= 0.3 is 0 Å². The van der Waals surface area contributed by atoms with Crippen molar-refractivity contribution in [2.45, 2.75) is 5.92 Å². The van der Waals surface area contributed by atoms with E-state index >= 15 is 0 Å².